The molecule has 1 heterocycles. The quantitative estimate of drug-likeness (QED) is 0.503. The minimum atomic E-state index is -2.68. The molecule has 0 radical (unpaired) electrons. The Morgan fingerprint density at radius 3 is 2.70 bits per heavy atom. The average Bonchev–Trinajstić information content (AvgIpc) is 2.60. The van der Waals surface area contributed by atoms with E-state index in [1.54, 1.807) is 6.07 Å². The molecule has 10 heteroatoms. The maximum atomic E-state index is 14.6. The molecule has 1 aliphatic heterocycles. The molecule has 1 aliphatic rings. The van der Waals surface area contributed by atoms with Gasteiger partial charge in [0.1, 0.15) is 4.47 Å². The number of hydrogen-bond donors (Lipinski definition) is 0. The topological polar surface area (TPSA) is 72.7 Å². The molecule has 27 heavy (non-hydrogen) atoms. The second-order valence-corrected chi connectivity index (χ2v) is 6.71. The van der Waals surface area contributed by atoms with Crippen LogP contribution in [0.25, 0.3) is 0 Å². The van der Waals surface area contributed by atoms with Crippen LogP contribution in [0.5, 0.6) is 5.75 Å². The summed E-state index contributed by atoms with van der Waals surface area (Å²) < 4.78 is 45.5. The summed E-state index contributed by atoms with van der Waals surface area (Å²) in [6, 6.07) is 6.69. The van der Waals surface area contributed by atoms with Gasteiger partial charge in [0.05, 0.1) is 17.2 Å². The molecule has 0 aromatic heterocycles. The van der Waals surface area contributed by atoms with E-state index in [-0.39, 0.29) is 22.3 Å². The van der Waals surface area contributed by atoms with Gasteiger partial charge in [-0.2, -0.15) is 4.39 Å². The first-order chi connectivity index (χ1) is 12.7. The summed E-state index contributed by atoms with van der Waals surface area (Å²) in [4.78, 5) is 23.9. The van der Waals surface area contributed by atoms with Crippen LogP contribution >= 0.6 is 15.9 Å². The zero-order valence-electron chi connectivity index (χ0n) is 13.8. The van der Waals surface area contributed by atoms with Gasteiger partial charge < -0.3 is 9.64 Å². The van der Waals surface area contributed by atoms with Crippen LogP contribution in [0.3, 0.4) is 0 Å². The zero-order valence-corrected chi connectivity index (χ0v) is 15.4. The van der Waals surface area contributed by atoms with E-state index >= 15 is 0 Å². The van der Waals surface area contributed by atoms with E-state index < -0.39 is 40.6 Å². The van der Waals surface area contributed by atoms with Crippen LogP contribution in [0.1, 0.15) is 24.5 Å². The summed E-state index contributed by atoms with van der Waals surface area (Å²) in [5, 5.41) is 11.1. The Morgan fingerprint density at radius 2 is 2.07 bits per heavy atom. The highest BCUT2D eigenvalue weighted by Gasteiger charge is 2.38. The molecule has 1 atom stereocenters. The van der Waals surface area contributed by atoms with Crippen LogP contribution in [0.2, 0.25) is 0 Å². The molecular weight excluding hydrogens is 433 g/mol. The van der Waals surface area contributed by atoms with Crippen molar-refractivity contribution >= 4 is 33.2 Å². The standard InChI is InChI=1S/C17H12BrF3N2O4/c1-8-17(24)22(7-9-3-2-4-10(5-9)16(20)21)12-6-11(18)14(23(25)26)13(19)15(12)27-8/h2-6,8,16H,7H2,1H3/t8-/m1/s1. The first kappa shape index (κ1) is 19.2. The van der Waals surface area contributed by atoms with Gasteiger partial charge >= 0.3 is 5.69 Å². The van der Waals surface area contributed by atoms with Crippen LogP contribution in [0.4, 0.5) is 24.5 Å². The Labute approximate surface area is 159 Å². The minimum Gasteiger partial charge on any atom is -0.475 e. The molecule has 0 spiro atoms. The lowest BCUT2D eigenvalue weighted by atomic mass is 10.1. The fourth-order valence-corrected chi connectivity index (χ4v) is 3.33. The second-order valence-electron chi connectivity index (χ2n) is 5.86. The van der Waals surface area contributed by atoms with Crippen molar-refractivity contribution in [3.63, 3.8) is 0 Å². The Hall–Kier alpha value is -2.62. The van der Waals surface area contributed by atoms with Crippen molar-refractivity contribution < 1.29 is 27.6 Å². The Kier molecular flexibility index (Phi) is 5.09. The molecule has 2 aromatic carbocycles. The van der Waals surface area contributed by atoms with Gasteiger partial charge in [0.15, 0.2) is 11.9 Å². The maximum absolute atomic E-state index is 14.6. The first-order valence-corrected chi connectivity index (χ1v) is 8.51. The molecule has 0 N–H and O–H groups in total. The van der Waals surface area contributed by atoms with Crippen molar-refractivity contribution in [2.75, 3.05) is 4.90 Å². The van der Waals surface area contributed by atoms with Gasteiger partial charge in [0.25, 0.3) is 12.3 Å². The molecular formula is C17H12BrF3N2O4. The summed E-state index contributed by atoms with van der Waals surface area (Å²) in [6.07, 6.45) is -3.77. The molecule has 0 aliphatic carbocycles. The van der Waals surface area contributed by atoms with Crippen LogP contribution < -0.4 is 9.64 Å². The van der Waals surface area contributed by atoms with Gasteiger partial charge in [-0.3, -0.25) is 14.9 Å². The largest absolute Gasteiger partial charge is 0.475 e. The van der Waals surface area contributed by atoms with Crippen molar-refractivity contribution in [3.8, 4) is 5.75 Å². The van der Waals surface area contributed by atoms with Crippen LogP contribution in [0, 0.1) is 15.9 Å². The number of carbonyl (C=O) groups excluding carboxylic acids is 1. The number of nitrogens with zero attached hydrogens (tertiary/aromatic N) is 2. The number of amides is 1. The number of nitro groups is 1. The van der Waals surface area contributed by atoms with E-state index in [9.17, 15) is 28.1 Å². The van der Waals surface area contributed by atoms with Crippen molar-refractivity contribution in [3.05, 3.63) is 61.9 Å². The number of anilines is 1. The third-order valence-corrected chi connectivity index (χ3v) is 4.66. The van der Waals surface area contributed by atoms with E-state index in [0.717, 1.165) is 4.90 Å². The van der Waals surface area contributed by atoms with Crippen molar-refractivity contribution in [2.24, 2.45) is 0 Å². The molecule has 0 bridgehead atoms. The monoisotopic (exact) mass is 444 g/mol. The van der Waals surface area contributed by atoms with Gasteiger partial charge in [-0.1, -0.05) is 18.2 Å². The van der Waals surface area contributed by atoms with Gasteiger partial charge in [0, 0.05) is 5.56 Å². The molecule has 0 saturated heterocycles. The molecule has 6 nitrogen and oxygen atoms in total. The van der Waals surface area contributed by atoms with Gasteiger partial charge in [0.2, 0.25) is 5.82 Å². The number of ether oxygens (including phenoxy) is 1. The third-order valence-electron chi connectivity index (χ3n) is 4.06. The Morgan fingerprint density at radius 1 is 1.37 bits per heavy atom. The number of alkyl halides is 2. The third kappa shape index (κ3) is 3.48. The molecule has 0 saturated carbocycles. The molecule has 142 valence electrons. The SMILES string of the molecule is C[C@H]1Oc2c(cc(Br)c([N+](=O)[O-])c2F)N(Cc2cccc(C(F)F)c2)C1=O. The highest BCUT2D eigenvalue weighted by Crippen LogP contribution is 2.44. The molecule has 2 aromatic rings. The Balaban J connectivity index is 2.08. The molecule has 3 rings (SSSR count). The molecule has 0 unspecified atom stereocenters. The van der Waals surface area contributed by atoms with E-state index in [0.29, 0.717) is 5.56 Å². The lowest BCUT2D eigenvalue weighted by Crippen LogP contribution is -2.44. The number of halogens is 4. The fraction of sp³-hybridized carbons (Fsp3) is 0.235. The summed E-state index contributed by atoms with van der Waals surface area (Å²) >= 11 is 2.93. The van der Waals surface area contributed by atoms with Gasteiger partial charge in [-0.25, -0.2) is 8.78 Å². The predicted molar refractivity (Wildman–Crippen MR) is 93.4 cm³/mol. The highest BCUT2D eigenvalue weighted by molar-refractivity contribution is 9.10. The summed E-state index contributed by atoms with van der Waals surface area (Å²) in [6.45, 7) is 1.25. The number of hydrogen-bond acceptors (Lipinski definition) is 4. The van der Waals surface area contributed by atoms with Crippen LogP contribution in [-0.2, 0) is 11.3 Å². The maximum Gasteiger partial charge on any atom is 0.322 e. The predicted octanol–water partition coefficient (Wildman–Crippen LogP) is 4.75. The normalized spacial score (nSPS) is 16.3. The zero-order chi connectivity index (χ0) is 19.9. The number of nitro benzene ring substituents is 1. The fourth-order valence-electron chi connectivity index (χ4n) is 2.80. The first-order valence-electron chi connectivity index (χ1n) is 7.72. The van der Waals surface area contributed by atoms with Crippen molar-refractivity contribution in [1.29, 1.82) is 0 Å². The highest BCUT2D eigenvalue weighted by atomic mass is 79.9. The Bertz CT molecular complexity index is 939. The van der Waals surface area contributed by atoms with Gasteiger partial charge in [-0.05, 0) is 40.5 Å². The van der Waals surface area contributed by atoms with Gasteiger partial charge in [-0.15, -0.1) is 0 Å². The second kappa shape index (κ2) is 7.18. The minimum absolute atomic E-state index is 0.0180. The number of carbonyl (C=O) groups is 1. The van der Waals surface area contributed by atoms with E-state index in [2.05, 4.69) is 15.9 Å². The van der Waals surface area contributed by atoms with E-state index in [1.807, 2.05) is 0 Å². The molecule has 0 fully saturated rings. The number of rotatable bonds is 4. The van der Waals surface area contributed by atoms with E-state index in [4.69, 9.17) is 4.74 Å². The summed E-state index contributed by atoms with van der Waals surface area (Å²) in [7, 11) is 0. The summed E-state index contributed by atoms with van der Waals surface area (Å²) in [5.41, 5.74) is -0.640. The van der Waals surface area contributed by atoms with Crippen molar-refractivity contribution in [2.45, 2.75) is 26.0 Å². The lowest BCUT2D eigenvalue weighted by Gasteiger charge is -2.33. The number of benzene rings is 2. The molecule has 1 amide bonds. The average molecular weight is 445 g/mol. The van der Waals surface area contributed by atoms with E-state index in [1.165, 1.54) is 31.2 Å². The van der Waals surface area contributed by atoms with Crippen LogP contribution in [-0.4, -0.2) is 16.9 Å². The lowest BCUT2D eigenvalue weighted by molar-refractivity contribution is -0.388. The van der Waals surface area contributed by atoms with Crippen molar-refractivity contribution in [1.82, 2.24) is 0 Å². The number of fused-ring (bicyclic) bond motifs is 1. The smallest absolute Gasteiger partial charge is 0.322 e. The summed E-state index contributed by atoms with van der Waals surface area (Å²) in [5.74, 6) is -2.16. The van der Waals surface area contributed by atoms with Crippen LogP contribution in [0.15, 0.2) is 34.8 Å².